The van der Waals surface area contributed by atoms with Gasteiger partial charge in [0.15, 0.2) is 0 Å². The molecule has 2 atom stereocenters. The maximum atomic E-state index is 2.45. The molecule has 104 valence electrons. The van der Waals surface area contributed by atoms with E-state index in [9.17, 15) is 0 Å². The van der Waals surface area contributed by atoms with Crippen molar-refractivity contribution in [2.75, 3.05) is 0 Å². The van der Waals surface area contributed by atoms with Gasteiger partial charge in [-0.05, 0) is 24.2 Å². The molecule has 0 aliphatic rings. The molecule has 0 aromatic rings. The third-order valence-corrected chi connectivity index (χ3v) is 4.08. The minimum absolute atomic E-state index is 0.862. The molecule has 0 saturated carbocycles. The Kier molecular flexibility index (Phi) is 11.1. The fourth-order valence-corrected chi connectivity index (χ4v) is 2.68. The predicted octanol–water partition coefficient (Wildman–Crippen LogP) is 6.45. The molecule has 0 aliphatic carbocycles. The van der Waals surface area contributed by atoms with E-state index in [1.165, 1.54) is 57.8 Å². The van der Waals surface area contributed by atoms with Crippen LogP contribution >= 0.6 is 0 Å². The molecule has 0 saturated heterocycles. The lowest BCUT2D eigenvalue weighted by atomic mass is 9.85. The van der Waals surface area contributed by atoms with Crippen molar-refractivity contribution in [1.29, 1.82) is 0 Å². The van der Waals surface area contributed by atoms with Crippen LogP contribution in [0.5, 0.6) is 0 Å². The molecule has 0 fully saturated rings. The highest BCUT2D eigenvalue weighted by atomic mass is 14.2. The van der Waals surface area contributed by atoms with E-state index in [1.54, 1.807) is 0 Å². The first-order valence-corrected chi connectivity index (χ1v) is 8.07. The summed E-state index contributed by atoms with van der Waals surface area (Å²) in [6.07, 6.45) is 12.9. The van der Waals surface area contributed by atoms with Gasteiger partial charge in [0.25, 0.3) is 0 Å². The summed E-state index contributed by atoms with van der Waals surface area (Å²) in [7, 11) is 0. The first-order valence-electron chi connectivity index (χ1n) is 8.07. The second-order valence-electron chi connectivity index (χ2n) is 6.49. The molecule has 17 heavy (non-hydrogen) atoms. The molecule has 0 aliphatic heterocycles. The minimum atomic E-state index is 0.862. The van der Waals surface area contributed by atoms with Gasteiger partial charge in [-0.25, -0.2) is 0 Å². The van der Waals surface area contributed by atoms with Crippen molar-refractivity contribution in [1.82, 2.24) is 0 Å². The van der Waals surface area contributed by atoms with E-state index in [4.69, 9.17) is 0 Å². The Hall–Kier alpha value is 0. The highest BCUT2D eigenvalue weighted by Crippen LogP contribution is 2.24. The van der Waals surface area contributed by atoms with Crippen LogP contribution in [0.3, 0.4) is 0 Å². The number of rotatable bonds is 11. The maximum absolute atomic E-state index is 2.45. The van der Waals surface area contributed by atoms with Gasteiger partial charge in [-0.3, -0.25) is 0 Å². The molecule has 0 nitrogen and oxygen atoms in total. The highest BCUT2D eigenvalue weighted by Gasteiger charge is 2.12. The Morgan fingerprint density at radius 1 is 0.647 bits per heavy atom. The third kappa shape index (κ3) is 10.9. The molecular weight excluding hydrogens is 204 g/mol. The Morgan fingerprint density at radius 3 is 1.71 bits per heavy atom. The first-order chi connectivity index (χ1) is 8.07. The molecule has 2 unspecified atom stereocenters. The van der Waals surface area contributed by atoms with Crippen molar-refractivity contribution >= 4 is 0 Å². The van der Waals surface area contributed by atoms with Crippen LogP contribution in [0.1, 0.15) is 92.4 Å². The number of unbranched alkanes of at least 4 members (excludes halogenated alkanes) is 6. The molecule has 0 aromatic carbocycles. The van der Waals surface area contributed by atoms with E-state index < -0.39 is 0 Å². The van der Waals surface area contributed by atoms with Crippen LogP contribution in [0.4, 0.5) is 0 Å². The van der Waals surface area contributed by atoms with Crippen molar-refractivity contribution in [3.8, 4) is 0 Å². The van der Waals surface area contributed by atoms with E-state index in [2.05, 4.69) is 34.6 Å². The van der Waals surface area contributed by atoms with Gasteiger partial charge in [-0.15, -0.1) is 0 Å². The minimum Gasteiger partial charge on any atom is -0.0654 e. The van der Waals surface area contributed by atoms with Crippen LogP contribution < -0.4 is 0 Å². The summed E-state index contributed by atoms with van der Waals surface area (Å²) in [5, 5.41) is 0. The number of hydrogen-bond acceptors (Lipinski definition) is 0. The van der Waals surface area contributed by atoms with Crippen LogP contribution in [0.15, 0.2) is 0 Å². The molecule has 0 heterocycles. The molecule has 0 N–H and O–H groups in total. The van der Waals surface area contributed by atoms with Gasteiger partial charge in [-0.2, -0.15) is 0 Å². The van der Waals surface area contributed by atoms with Gasteiger partial charge in [0.05, 0.1) is 0 Å². The molecule has 0 radical (unpaired) electrons. The van der Waals surface area contributed by atoms with Crippen LogP contribution in [0, 0.1) is 17.8 Å². The van der Waals surface area contributed by atoms with Crippen molar-refractivity contribution in [2.24, 2.45) is 17.8 Å². The van der Waals surface area contributed by atoms with E-state index in [1.807, 2.05) is 0 Å². The summed E-state index contributed by atoms with van der Waals surface area (Å²) in [6, 6.07) is 0. The average Bonchev–Trinajstić information content (AvgIpc) is 2.26. The van der Waals surface area contributed by atoms with Gasteiger partial charge in [-0.1, -0.05) is 86.0 Å². The Balaban J connectivity index is 3.35. The monoisotopic (exact) mass is 240 g/mol. The van der Waals surface area contributed by atoms with Crippen LogP contribution in [0.2, 0.25) is 0 Å². The van der Waals surface area contributed by atoms with E-state index in [-0.39, 0.29) is 0 Å². The third-order valence-electron chi connectivity index (χ3n) is 4.08. The van der Waals surface area contributed by atoms with Gasteiger partial charge in [0, 0.05) is 0 Å². The van der Waals surface area contributed by atoms with Crippen molar-refractivity contribution in [3.05, 3.63) is 0 Å². The van der Waals surface area contributed by atoms with E-state index >= 15 is 0 Å². The van der Waals surface area contributed by atoms with Gasteiger partial charge in [0.1, 0.15) is 0 Å². The topological polar surface area (TPSA) is 0 Å². The predicted molar refractivity (Wildman–Crippen MR) is 80.4 cm³/mol. The van der Waals surface area contributed by atoms with Gasteiger partial charge >= 0.3 is 0 Å². The quantitative estimate of drug-likeness (QED) is 0.364. The molecule has 0 heteroatoms. The lowest BCUT2D eigenvalue weighted by Gasteiger charge is -2.21. The Labute approximate surface area is 111 Å². The fourth-order valence-electron chi connectivity index (χ4n) is 2.68. The van der Waals surface area contributed by atoms with Crippen molar-refractivity contribution in [2.45, 2.75) is 92.4 Å². The molecule has 0 bridgehead atoms. The second kappa shape index (κ2) is 11.1. The summed E-state index contributed by atoms with van der Waals surface area (Å²) in [5.41, 5.74) is 0. The number of hydrogen-bond donors (Lipinski definition) is 0. The fraction of sp³-hybridized carbons (Fsp3) is 1.00. The summed E-state index contributed by atoms with van der Waals surface area (Å²) >= 11 is 0. The lowest BCUT2D eigenvalue weighted by molar-refractivity contribution is 0.300. The maximum Gasteiger partial charge on any atom is -0.0415 e. The zero-order valence-corrected chi connectivity index (χ0v) is 13.1. The van der Waals surface area contributed by atoms with Crippen LogP contribution in [-0.2, 0) is 0 Å². The zero-order chi connectivity index (χ0) is 13.1. The second-order valence-corrected chi connectivity index (χ2v) is 6.49. The Bertz CT molecular complexity index is 148. The largest absolute Gasteiger partial charge is 0.0654 e. The van der Waals surface area contributed by atoms with E-state index in [0.717, 1.165) is 17.8 Å². The van der Waals surface area contributed by atoms with Crippen LogP contribution in [0.25, 0.3) is 0 Å². The highest BCUT2D eigenvalue weighted by molar-refractivity contribution is 4.64. The Morgan fingerprint density at radius 2 is 1.18 bits per heavy atom. The van der Waals surface area contributed by atoms with Crippen molar-refractivity contribution in [3.63, 3.8) is 0 Å². The molecule has 0 amide bonds. The first kappa shape index (κ1) is 17.0. The van der Waals surface area contributed by atoms with Crippen molar-refractivity contribution < 1.29 is 0 Å². The normalized spacial score (nSPS) is 15.2. The SMILES string of the molecule is CCCCCCCCCC(C)C(C)CC(C)C. The summed E-state index contributed by atoms with van der Waals surface area (Å²) in [6.45, 7) is 11.9. The molecule has 0 spiro atoms. The average molecular weight is 240 g/mol. The summed E-state index contributed by atoms with van der Waals surface area (Å²) < 4.78 is 0. The van der Waals surface area contributed by atoms with E-state index in [0.29, 0.717) is 0 Å². The molecule has 0 rings (SSSR count). The molecule has 0 aromatic heterocycles. The summed E-state index contributed by atoms with van der Waals surface area (Å²) in [4.78, 5) is 0. The van der Waals surface area contributed by atoms with Gasteiger partial charge in [0.2, 0.25) is 0 Å². The van der Waals surface area contributed by atoms with Crippen LogP contribution in [-0.4, -0.2) is 0 Å². The lowest BCUT2D eigenvalue weighted by Crippen LogP contribution is -2.10. The summed E-state index contributed by atoms with van der Waals surface area (Å²) in [5.74, 6) is 2.70. The van der Waals surface area contributed by atoms with Gasteiger partial charge < -0.3 is 0 Å². The zero-order valence-electron chi connectivity index (χ0n) is 13.1. The smallest absolute Gasteiger partial charge is 0.0415 e. The molecular formula is C17H36. The standard InChI is InChI=1S/C17H36/c1-6-7-8-9-10-11-12-13-16(4)17(5)14-15(2)3/h15-17H,6-14H2,1-5H3.